The van der Waals surface area contributed by atoms with Crippen molar-refractivity contribution >= 4 is 62.1 Å². The van der Waals surface area contributed by atoms with E-state index in [0.717, 1.165) is 2.88 Å². The lowest BCUT2D eigenvalue weighted by molar-refractivity contribution is 0.0528. The molecule has 100 valence electrons. The van der Waals surface area contributed by atoms with Crippen LogP contribution in [0.1, 0.15) is 27.6 Å². The minimum atomic E-state index is -0.418. The van der Waals surface area contributed by atoms with Crippen LogP contribution in [0.3, 0.4) is 0 Å². The SMILES string of the molecule is CCOC(=O)c1ccsc1NC(=O)c1csc(I)c1. The first-order valence-corrected chi connectivity index (χ1v) is 8.25. The van der Waals surface area contributed by atoms with Crippen molar-refractivity contribution in [2.75, 3.05) is 11.9 Å². The standard InChI is InChI=1S/C12H10INO3S2/c1-2-17-12(16)8-3-4-18-11(8)14-10(15)7-5-9(13)19-6-7/h3-6H,2H2,1H3,(H,14,15). The average molecular weight is 407 g/mol. The molecule has 1 amide bonds. The number of hydrogen-bond donors (Lipinski definition) is 1. The number of anilines is 1. The molecular formula is C12H10INO3S2. The molecule has 1 N–H and O–H groups in total. The molecule has 2 aromatic heterocycles. The van der Waals surface area contributed by atoms with Crippen LogP contribution in [0.4, 0.5) is 5.00 Å². The first kappa shape index (κ1) is 14.5. The Balaban J connectivity index is 2.13. The lowest BCUT2D eigenvalue weighted by Crippen LogP contribution is -2.13. The molecule has 2 rings (SSSR count). The summed E-state index contributed by atoms with van der Waals surface area (Å²) in [5.74, 6) is -0.633. The monoisotopic (exact) mass is 407 g/mol. The van der Waals surface area contributed by atoms with Crippen LogP contribution in [0.25, 0.3) is 0 Å². The Labute approximate surface area is 131 Å². The highest BCUT2D eigenvalue weighted by Gasteiger charge is 2.17. The van der Waals surface area contributed by atoms with Crippen molar-refractivity contribution in [3.05, 3.63) is 36.9 Å². The topological polar surface area (TPSA) is 55.4 Å². The van der Waals surface area contributed by atoms with Gasteiger partial charge in [-0.1, -0.05) is 0 Å². The zero-order chi connectivity index (χ0) is 13.8. The van der Waals surface area contributed by atoms with Crippen LogP contribution in [-0.4, -0.2) is 18.5 Å². The van der Waals surface area contributed by atoms with E-state index >= 15 is 0 Å². The molecule has 0 fully saturated rings. The Kier molecular flexibility index (Phi) is 4.94. The fourth-order valence-electron chi connectivity index (χ4n) is 1.38. The van der Waals surface area contributed by atoms with Crippen molar-refractivity contribution in [3.63, 3.8) is 0 Å². The van der Waals surface area contributed by atoms with Crippen LogP contribution in [0.15, 0.2) is 22.9 Å². The molecule has 2 aromatic rings. The summed E-state index contributed by atoms with van der Waals surface area (Å²) in [7, 11) is 0. The molecule has 0 aliphatic rings. The van der Waals surface area contributed by atoms with Crippen molar-refractivity contribution in [2.24, 2.45) is 0 Å². The zero-order valence-corrected chi connectivity index (χ0v) is 13.7. The third kappa shape index (κ3) is 3.54. The maximum absolute atomic E-state index is 12.0. The number of esters is 1. The molecule has 0 saturated heterocycles. The van der Waals surface area contributed by atoms with Gasteiger partial charge in [0.1, 0.15) is 5.00 Å². The van der Waals surface area contributed by atoms with Gasteiger partial charge in [0.15, 0.2) is 0 Å². The minimum Gasteiger partial charge on any atom is -0.462 e. The average Bonchev–Trinajstić information content (AvgIpc) is 2.98. The van der Waals surface area contributed by atoms with Crippen LogP contribution in [0.5, 0.6) is 0 Å². The number of halogens is 1. The fraction of sp³-hybridized carbons (Fsp3) is 0.167. The van der Waals surface area contributed by atoms with Crippen molar-refractivity contribution in [1.82, 2.24) is 0 Å². The molecule has 0 unspecified atom stereocenters. The van der Waals surface area contributed by atoms with E-state index in [0.29, 0.717) is 22.7 Å². The molecule has 19 heavy (non-hydrogen) atoms. The number of carbonyl (C=O) groups is 2. The second-order valence-electron chi connectivity index (χ2n) is 3.48. The predicted molar refractivity (Wildman–Crippen MR) is 85.3 cm³/mol. The first-order valence-electron chi connectivity index (χ1n) is 5.41. The largest absolute Gasteiger partial charge is 0.462 e. The van der Waals surface area contributed by atoms with E-state index in [-0.39, 0.29) is 5.91 Å². The van der Waals surface area contributed by atoms with Gasteiger partial charge >= 0.3 is 5.97 Å². The number of thiophene rings is 2. The van der Waals surface area contributed by atoms with Crippen LogP contribution < -0.4 is 5.32 Å². The van der Waals surface area contributed by atoms with Gasteiger partial charge in [-0.05, 0) is 47.0 Å². The second-order valence-corrected chi connectivity index (χ2v) is 7.20. The van der Waals surface area contributed by atoms with Crippen LogP contribution in [0.2, 0.25) is 0 Å². The molecule has 0 aliphatic heterocycles. The lowest BCUT2D eigenvalue weighted by atomic mass is 10.3. The van der Waals surface area contributed by atoms with Crippen LogP contribution >= 0.6 is 45.3 Å². The number of hydrogen-bond acceptors (Lipinski definition) is 5. The van der Waals surface area contributed by atoms with E-state index in [1.54, 1.807) is 29.8 Å². The molecule has 7 heteroatoms. The maximum atomic E-state index is 12.0. The van der Waals surface area contributed by atoms with Crippen molar-refractivity contribution in [3.8, 4) is 0 Å². The lowest BCUT2D eigenvalue weighted by Gasteiger charge is -2.04. The third-order valence-electron chi connectivity index (χ3n) is 2.22. The second kappa shape index (κ2) is 6.49. The van der Waals surface area contributed by atoms with Gasteiger partial charge in [-0.15, -0.1) is 22.7 Å². The van der Waals surface area contributed by atoms with Gasteiger partial charge in [0.2, 0.25) is 0 Å². The molecule has 0 bridgehead atoms. The summed E-state index contributed by atoms with van der Waals surface area (Å²) in [6.45, 7) is 2.06. The smallest absolute Gasteiger partial charge is 0.341 e. The molecule has 0 spiro atoms. The van der Waals surface area contributed by atoms with E-state index in [9.17, 15) is 9.59 Å². The highest BCUT2D eigenvalue weighted by atomic mass is 127. The van der Waals surface area contributed by atoms with E-state index in [4.69, 9.17) is 4.74 Å². The number of ether oxygens (including phenoxy) is 1. The van der Waals surface area contributed by atoms with Gasteiger partial charge in [0.25, 0.3) is 5.91 Å². The molecule has 0 aliphatic carbocycles. The summed E-state index contributed by atoms with van der Waals surface area (Å²) in [5.41, 5.74) is 0.989. The summed E-state index contributed by atoms with van der Waals surface area (Å²) in [5, 5.41) is 6.80. The van der Waals surface area contributed by atoms with E-state index in [1.807, 2.05) is 0 Å². The quantitative estimate of drug-likeness (QED) is 0.619. The first-order chi connectivity index (χ1) is 9.11. The summed E-state index contributed by atoms with van der Waals surface area (Å²) in [4.78, 5) is 23.7. The van der Waals surface area contributed by atoms with Gasteiger partial charge in [0, 0.05) is 5.38 Å². The van der Waals surface area contributed by atoms with Crippen molar-refractivity contribution < 1.29 is 14.3 Å². The number of amides is 1. The van der Waals surface area contributed by atoms with Gasteiger partial charge in [-0.2, -0.15) is 0 Å². The Morgan fingerprint density at radius 3 is 2.84 bits per heavy atom. The highest BCUT2D eigenvalue weighted by Crippen LogP contribution is 2.25. The molecule has 0 saturated carbocycles. The summed E-state index contributed by atoms with van der Waals surface area (Å²) >= 11 is 4.96. The normalized spacial score (nSPS) is 10.2. The Morgan fingerprint density at radius 2 is 2.21 bits per heavy atom. The van der Waals surface area contributed by atoms with Gasteiger partial charge in [0.05, 0.1) is 20.6 Å². The predicted octanol–water partition coefficient (Wildman–Crippen LogP) is 3.84. The van der Waals surface area contributed by atoms with Gasteiger partial charge in [-0.3, -0.25) is 4.79 Å². The van der Waals surface area contributed by atoms with Gasteiger partial charge < -0.3 is 10.1 Å². The number of carbonyl (C=O) groups excluding carboxylic acids is 2. The van der Waals surface area contributed by atoms with Crippen molar-refractivity contribution in [2.45, 2.75) is 6.92 Å². The molecule has 4 nitrogen and oxygen atoms in total. The molecule has 0 atom stereocenters. The summed E-state index contributed by atoms with van der Waals surface area (Å²) in [6, 6.07) is 3.45. The number of rotatable bonds is 4. The van der Waals surface area contributed by atoms with E-state index < -0.39 is 5.97 Å². The third-order valence-corrected chi connectivity index (χ3v) is 4.84. The molecule has 2 heterocycles. The van der Waals surface area contributed by atoms with Crippen LogP contribution in [0, 0.1) is 2.88 Å². The Bertz CT molecular complexity index is 606. The van der Waals surface area contributed by atoms with E-state index in [2.05, 4.69) is 27.9 Å². The highest BCUT2D eigenvalue weighted by molar-refractivity contribution is 14.1. The molecule has 0 radical (unpaired) electrons. The van der Waals surface area contributed by atoms with Gasteiger partial charge in [-0.25, -0.2) is 4.79 Å². The Hall–Kier alpha value is -0.930. The Morgan fingerprint density at radius 1 is 1.42 bits per heavy atom. The minimum absolute atomic E-state index is 0.216. The van der Waals surface area contributed by atoms with Crippen molar-refractivity contribution in [1.29, 1.82) is 0 Å². The molecule has 0 aromatic carbocycles. The summed E-state index contributed by atoms with van der Waals surface area (Å²) in [6.07, 6.45) is 0. The number of nitrogens with one attached hydrogen (secondary N) is 1. The fourth-order valence-corrected chi connectivity index (χ4v) is 3.48. The molecular weight excluding hydrogens is 397 g/mol. The summed E-state index contributed by atoms with van der Waals surface area (Å²) < 4.78 is 5.98. The van der Waals surface area contributed by atoms with Crippen LogP contribution in [-0.2, 0) is 4.74 Å². The maximum Gasteiger partial charge on any atom is 0.341 e. The zero-order valence-electron chi connectivity index (χ0n) is 9.94. The van der Waals surface area contributed by atoms with E-state index in [1.165, 1.54) is 22.7 Å².